The molecule has 0 aliphatic heterocycles. The third kappa shape index (κ3) is 2.69. The van der Waals surface area contributed by atoms with E-state index in [1.807, 2.05) is 0 Å². The summed E-state index contributed by atoms with van der Waals surface area (Å²) in [6.07, 6.45) is 1.32. The molecule has 6 heteroatoms. The van der Waals surface area contributed by atoms with Crippen LogP contribution in [-0.4, -0.2) is 9.81 Å². The lowest BCUT2D eigenvalue weighted by Gasteiger charge is -2.12. The topological polar surface area (TPSA) is 39.1 Å². The van der Waals surface area contributed by atoms with Crippen LogP contribution in [0.5, 0.6) is 0 Å². The normalized spacial score (nSPS) is 10.5. The molecule has 1 heterocycles. The molecule has 0 saturated carbocycles. The molecule has 0 bridgehead atoms. The van der Waals surface area contributed by atoms with Crippen LogP contribution >= 0.6 is 23.2 Å². The first-order valence-electron chi connectivity index (χ1n) is 5.28. The van der Waals surface area contributed by atoms with Crippen molar-refractivity contribution < 1.29 is 9.18 Å². The molecule has 0 spiro atoms. The zero-order chi connectivity index (χ0) is 14.2. The lowest BCUT2D eigenvalue weighted by Crippen LogP contribution is -2.16. The van der Waals surface area contributed by atoms with Crippen LogP contribution in [0.3, 0.4) is 0 Å². The van der Waals surface area contributed by atoms with E-state index in [-0.39, 0.29) is 10.6 Å². The second kappa shape index (κ2) is 5.15. The highest BCUT2D eigenvalue weighted by molar-refractivity contribution is 6.67. The Morgan fingerprint density at radius 1 is 1.32 bits per heavy atom. The Morgan fingerprint density at radius 3 is 2.58 bits per heavy atom. The van der Waals surface area contributed by atoms with Gasteiger partial charge >= 0.3 is 0 Å². The second-order valence-electron chi connectivity index (χ2n) is 3.93. The van der Waals surface area contributed by atoms with E-state index in [9.17, 15) is 14.0 Å². The van der Waals surface area contributed by atoms with E-state index >= 15 is 0 Å². The smallest absolute Gasteiger partial charge is 0.257 e. The number of pyridine rings is 1. The summed E-state index contributed by atoms with van der Waals surface area (Å²) < 4.78 is 14.7. The first-order chi connectivity index (χ1) is 8.90. The van der Waals surface area contributed by atoms with Crippen LogP contribution in [0.15, 0.2) is 35.3 Å². The van der Waals surface area contributed by atoms with E-state index in [1.54, 1.807) is 11.5 Å². The summed E-state index contributed by atoms with van der Waals surface area (Å²) in [6.45, 7) is 1.68. The van der Waals surface area contributed by atoms with E-state index in [2.05, 4.69) is 0 Å². The van der Waals surface area contributed by atoms with Gasteiger partial charge in [0.25, 0.3) is 5.24 Å². The molecular formula is C13H8Cl2FNO2. The summed E-state index contributed by atoms with van der Waals surface area (Å²) in [5.41, 5.74) is 0.507. The van der Waals surface area contributed by atoms with Crippen molar-refractivity contribution in [3.63, 3.8) is 0 Å². The average Bonchev–Trinajstić information content (AvgIpc) is 2.32. The Kier molecular flexibility index (Phi) is 3.73. The average molecular weight is 300 g/mol. The molecule has 0 aliphatic rings. The molecule has 2 aromatic rings. The van der Waals surface area contributed by atoms with Crippen LogP contribution in [0.4, 0.5) is 4.39 Å². The number of nitrogens with zero attached hydrogens (tertiary/aromatic N) is 1. The third-order valence-corrected chi connectivity index (χ3v) is 3.13. The molecule has 0 amide bonds. The van der Waals surface area contributed by atoms with E-state index < -0.39 is 16.5 Å². The van der Waals surface area contributed by atoms with Gasteiger partial charge < -0.3 is 4.57 Å². The number of aryl methyl sites for hydroxylation is 1. The quantitative estimate of drug-likeness (QED) is 0.798. The van der Waals surface area contributed by atoms with E-state index in [1.165, 1.54) is 30.5 Å². The van der Waals surface area contributed by atoms with Crippen LogP contribution in [0.2, 0.25) is 5.02 Å². The van der Waals surface area contributed by atoms with Gasteiger partial charge in [-0.1, -0.05) is 11.6 Å². The predicted octanol–water partition coefficient (Wildman–Crippen LogP) is 3.32. The molecule has 98 valence electrons. The van der Waals surface area contributed by atoms with Crippen molar-refractivity contribution in [2.24, 2.45) is 0 Å². The summed E-state index contributed by atoms with van der Waals surface area (Å²) in [5.74, 6) is -0.544. The van der Waals surface area contributed by atoms with E-state index in [0.717, 1.165) is 0 Å². The van der Waals surface area contributed by atoms with Gasteiger partial charge in [-0.3, -0.25) is 9.59 Å². The molecule has 0 saturated heterocycles. The fourth-order valence-electron chi connectivity index (χ4n) is 1.69. The van der Waals surface area contributed by atoms with Crippen LogP contribution in [0.25, 0.3) is 5.69 Å². The van der Waals surface area contributed by atoms with Gasteiger partial charge in [-0.2, -0.15) is 0 Å². The summed E-state index contributed by atoms with van der Waals surface area (Å²) >= 11 is 11.0. The van der Waals surface area contributed by atoms with Crippen molar-refractivity contribution >= 4 is 28.4 Å². The highest BCUT2D eigenvalue weighted by Gasteiger charge is 2.11. The number of rotatable bonds is 2. The molecule has 3 nitrogen and oxygen atoms in total. The molecule has 0 aliphatic carbocycles. The van der Waals surface area contributed by atoms with Gasteiger partial charge in [0.05, 0.1) is 10.6 Å². The van der Waals surface area contributed by atoms with Crippen molar-refractivity contribution in [1.29, 1.82) is 0 Å². The van der Waals surface area contributed by atoms with E-state index in [0.29, 0.717) is 11.4 Å². The minimum Gasteiger partial charge on any atom is -0.320 e. The molecule has 19 heavy (non-hydrogen) atoms. The highest BCUT2D eigenvalue weighted by Crippen LogP contribution is 2.20. The number of benzene rings is 1. The monoisotopic (exact) mass is 299 g/mol. The van der Waals surface area contributed by atoms with Crippen molar-refractivity contribution in [3.8, 4) is 5.69 Å². The predicted molar refractivity (Wildman–Crippen MR) is 71.9 cm³/mol. The van der Waals surface area contributed by atoms with Gasteiger partial charge in [0.15, 0.2) is 5.43 Å². The van der Waals surface area contributed by atoms with Gasteiger partial charge in [0.1, 0.15) is 5.82 Å². The lowest BCUT2D eigenvalue weighted by atomic mass is 10.2. The maximum Gasteiger partial charge on any atom is 0.257 e. The van der Waals surface area contributed by atoms with Crippen molar-refractivity contribution in [2.75, 3.05) is 0 Å². The number of carbonyl (C=O) groups excluding carboxylic acids is 1. The van der Waals surface area contributed by atoms with Crippen molar-refractivity contribution in [3.05, 3.63) is 62.8 Å². The first kappa shape index (κ1) is 13.8. The summed E-state index contributed by atoms with van der Waals surface area (Å²) in [7, 11) is 0. The number of aromatic nitrogens is 1. The summed E-state index contributed by atoms with van der Waals surface area (Å²) in [5, 5.41) is -0.888. The largest absolute Gasteiger partial charge is 0.320 e. The summed E-state index contributed by atoms with van der Waals surface area (Å²) in [6, 6.07) is 5.38. The first-order valence-corrected chi connectivity index (χ1v) is 6.04. The summed E-state index contributed by atoms with van der Waals surface area (Å²) in [4.78, 5) is 22.7. The van der Waals surface area contributed by atoms with Gasteiger partial charge in [-0.25, -0.2) is 4.39 Å². The zero-order valence-electron chi connectivity index (χ0n) is 9.78. The number of hydrogen-bond donors (Lipinski definition) is 0. The molecule has 0 N–H and O–H groups in total. The van der Waals surface area contributed by atoms with Crippen LogP contribution in [-0.2, 0) is 0 Å². The maximum atomic E-state index is 13.1. The minimum absolute atomic E-state index is 0.0469. The fourth-order valence-corrected chi connectivity index (χ4v) is 2.01. The molecule has 1 aromatic heterocycles. The standard InChI is InChI=1S/C13H8Cl2FNO2/c1-7-4-12(18)9(13(15)19)6-17(7)8-2-3-11(16)10(14)5-8/h2-6H,1H3. The molecular weight excluding hydrogens is 292 g/mol. The molecule has 0 unspecified atom stereocenters. The minimum atomic E-state index is -0.841. The third-order valence-electron chi connectivity index (χ3n) is 2.64. The Hall–Kier alpha value is -1.65. The number of hydrogen-bond acceptors (Lipinski definition) is 2. The Balaban J connectivity index is 2.68. The van der Waals surface area contributed by atoms with E-state index in [4.69, 9.17) is 23.2 Å². The molecule has 0 fully saturated rings. The molecule has 1 aromatic carbocycles. The number of carbonyl (C=O) groups is 1. The Morgan fingerprint density at radius 2 is 2.00 bits per heavy atom. The van der Waals surface area contributed by atoms with Gasteiger partial charge in [-0.15, -0.1) is 0 Å². The zero-order valence-corrected chi connectivity index (χ0v) is 11.3. The highest BCUT2D eigenvalue weighted by atomic mass is 35.5. The van der Waals surface area contributed by atoms with Crippen LogP contribution in [0.1, 0.15) is 16.1 Å². The Bertz CT molecular complexity index is 725. The van der Waals surface area contributed by atoms with Crippen molar-refractivity contribution in [1.82, 2.24) is 4.57 Å². The molecule has 2 rings (SSSR count). The van der Waals surface area contributed by atoms with Crippen LogP contribution in [0, 0.1) is 12.7 Å². The van der Waals surface area contributed by atoms with Gasteiger partial charge in [-0.05, 0) is 36.7 Å². The molecule has 0 atom stereocenters. The van der Waals surface area contributed by atoms with Gasteiger partial charge in [0, 0.05) is 23.6 Å². The second-order valence-corrected chi connectivity index (χ2v) is 4.69. The lowest BCUT2D eigenvalue weighted by molar-refractivity contribution is 0.108. The Labute approximate surface area is 118 Å². The van der Waals surface area contributed by atoms with Crippen LogP contribution < -0.4 is 5.43 Å². The maximum absolute atomic E-state index is 13.1. The van der Waals surface area contributed by atoms with Gasteiger partial charge in [0.2, 0.25) is 0 Å². The molecule has 0 radical (unpaired) electrons. The SMILES string of the molecule is Cc1cc(=O)c(C(=O)Cl)cn1-c1ccc(F)c(Cl)c1. The number of halogens is 3. The fraction of sp³-hybridized carbons (Fsp3) is 0.0769. The van der Waals surface area contributed by atoms with Crippen molar-refractivity contribution in [2.45, 2.75) is 6.92 Å².